The zero-order valence-electron chi connectivity index (χ0n) is 9.66. The van der Waals surface area contributed by atoms with Gasteiger partial charge in [-0.1, -0.05) is 5.16 Å². The highest BCUT2D eigenvalue weighted by Gasteiger charge is 2.42. The molecular weight excluding hydrogens is 192 g/mol. The molecule has 4 N–H and O–H groups in total. The van der Waals surface area contributed by atoms with E-state index in [9.17, 15) is 0 Å². The Hall–Kier alpha value is -0.810. The maximum atomic E-state index is 8.51. The van der Waals surface area contributed by atoms with E-state index in [1.54, 1.807) is 0 Å². The summed E-state index contributed by atoms with van der Waals surface area (Å²) in [5.41, 5.74) is 5.78. The summed E-state index contributed by atoms with van der Waals surface area (Å²) >= 11 is 0. The van der Waals surface area contributed by atoms with E-state index in [0.29, 0.717) is 12.3 Å². The van der Waals surface area contributed by atoms with Crippen LogP contribution in [-0.2, 0) is 0 Å². The molecule has 0 aliphatic heterocycles. The smallest absolute Gasteiger partial charge is 0.139 e. The molecule has 1 aliphatic rings. The van der Waals surface area contributed by atoms with Gasteiger partial charge in [0.1, 0.15) is 5.84 Å². The number of nitrogens with two attached hydrogens (primary N) is 1. The monoisotopic (exact) mass is 214 g/mol. The van der Waals surface area contributed by atoms with E-state index in [4.69, 9.17) is 10.9 Å². The first-order chi connectivity index (χ1) is 7.08. The number of hydrogen-bond acceptors (Lipinski definition) is 4. The van der Waals surface area contributed by atoms with Crippen molar-refractivity contribution in [2.24, 2.45) is 16.3 Å². The molecule has 0 radical (unpaired) electrons. The molecule has 15 heavy (non-hydrogen) atoms. The largest absolute Gasteiger partial charge is 0.409 e. The van der Waals surface area contributed by atoms with Crippen molar-refractivity contribution in [2.45, 2.75) is 19.3 Å². The molecule has 0 saturated heterocycles. The maximum Gasteiger partial charge on any atom is 0.139 e. The third kappa shape index (κ3) is 4.48. The van der Waals surface area contributed by atoms with Gasteiger partial charge in [-0.2, -0.15) is 0 Å². The molecule has 0 spiro atoms. The van der Waals surface area contributed by atoms with E-state index in [1.807, 2.05) is 0 Å². The van der Waals surface area contributed by atoms with Crippen molar-refractivity contribution in [1.29, 1.82) is 0 Å². The fourth-order valence-electron chi connectivity index (χ4n) is 1.67. The Balaban J connectivity index is 2.15. The molecule has 1 aliphatic carbocycles. The van der Waals surface area contributed by atoms with E-state index in [2.05, 4.69) is 29.5 Å². The van der Waals surface area contributed by atoms with Gasteiger partial charge < -0.3 is 21.2 Å². The Labute approximate surface area is 91.3 Å². The van der Waals surface area contributed by atoms with Crippen LogP contribution in [0.3, 0.4) is 0 Å². The zero-order chi connectivity index (χ0) is 11.3. The second kappa shape index (κ2) is 5.32. The molecule has 0 heterocycles. The van der Waals surface area contributed by atoms with Crippen LogP contribution in [0.1, 0.15) is 19.3 Å². The van der Waals surface area contributed by atoms with Gasteiger partial charge in [0.05, 0.1) is 0 Å². The van der Waals surface area contributed by atoms with E-state index in [0.717, 1.165) is 19.6 Å². The molecule has 0 unspecified atom stereocenters. The predicted octanol–water partition coefficient (Wildman–Crippen LogP) is 0.0543. The van der Waals surface area contributed by atoms with Crippen LogP contribution in [0.25, 0.3) is 0 Å². The summed E-state index contributed by atoms with van der Waals surface area (Å²) < 4.78 is 0. The molecule has 0 aromatic heterocycles. The van der Waals surface area contributed by atoms with Crippen LogP contribution in [0.5, 0.6) is 0 Å². The summed E-state index contributed by atoms with van der Waals surface area (Å²) in [7, 11) is 4.12. The average molecular weight is 214 g/mol. The zero-order valence-corrected chi connectivity index (χ0v) is 9.66. The minimum atomic E-state index is 0.266. The van der Waals surface area contributed by atoms with Gasteiger partial charge in [0.25, 0.3) is 0 Å². The van der Waals surface area contributed by atoms with Gasteiger partial charge in [-0.25, -0.2) is 0 Å². The minimum absolute atomic E-state index is 0.266. The number of nitrogens with one attached hydrogen (secondary N) is 1. The standard InChI is InChI=1S/C10H22N4O/c1-14(2)6-5-12-8-10(3-4-10)7-9(11)13-15/h12,15H,3-8H2,1-2H3,(H2,11,13). The highest BCUT2D eigenvalue weighted by molar-refractivity contribution is 5.80. The Bertz CT molecular complexity index is 223. The van der Waals surface area contributed by atoms with Crippen molar-refractivity contribution >= 4 is 5.84 Å². The van der Waals surface area contributed by atoms with Gasteiger partial charge in [0.15, 0.2) is 0 Å². The highest BCUT2D eigenvalue weighted by Crippen LogP contribution is 2.48. The second-order valence-corrected chi connectivity index (χ2v) is 4.75. The first-order valence-corrected chi connectivity index (χ1v) is 5.40. The van der Waals surface area contributed by atoms with E-state index >= 15 is 0 Å². The summed E-state index contributed by atoms with van der Waals surface area (Å²) in [5.74, 6) is 0.349. The summed E-state index contributed by atoms with van der Waals surface area (Å²) in [5, 5.41) is 14.9. The van der Waals surface area contributed by atoms with Crippen molar-refractivity contribution in [3.05, 3.63) is 0 Å². The molecule has 1 saturated carbocycles. The molecule has 0 atom stereocenters. The van der Waals surface area contributed by atoms with Crippen molar-refractivity contribution in [3.63, 3.8) is 0 Å². The Kier molecular flexibility index (Phi) is 4.35. The van der Waals surface area contributed by atoms with Gasteiger partial charge in [-0.05, 0) is 32.4 Å². The lowest BCUT2D eigenvalue weighted by Gasteiger charge is -2.16. The second-order valence-electron chi connectivity index (χ2n) is 4.75. The minimum Gasteiger partial charge on any atom is -0.409 e. The van der Waals surface area contributed by atoms with Crippen molar-refractivity contribution in [2.75, 3.05) is 33.7 Å². The quantitative estimate of drug-likeness (QED) is 0.184. The third-order valence-electron chi connectivity index (χ3n) is 2.88. The van der Waals surface area contributed by atoms with Crippen LogP contribution in [0.2, 0.25) is 0 Å². The number of amidine groups is 1. The topological polar surface area (TPSA) is 73.9 Å². The van der Waals surface area contributed by atoms with Crippen molar-refractivity contribution in [1.82, 2.24) is 10.2 Å². The number of rotatable bonds is 7. The van der Waals surface area contributed by atoms with Crippen molar-refractivity contribution < 1.29 is 5.21 Å². The SMILES string of the molecule is CN(C)CCNCC1(CC(N)=NO)CC1. The van der Waals surface area contributed by atoms with Crippen LogP contribution in [0, 0.1) is 5.41 Å². The normalized spacial score (nSPS) is 19.5. The Morgan fingerprint density at radius 1 is 1.53 bits per heavy atom. The summed E-state index contributed by atoms with van der Waals surface area (Å²) in [6, 6.07) is 0. The molecule has 5 heteroatoms. The maximum absolute atomic E-state index is 8.51. The Morgan fingerprint density at radius 3 is 2.67 bits per heavy atom. The number of hydrogen-bond donors (Lipinski definition) is 3. The molecule has 0 bridgehead atoms. The van der Waals surface area contributed by atoms with Gasteiger partial charge in [-0.3, -0.25) is 0 Å². The van der Waals surface area contributed by atoms with Crippen molar-refractivity contribution in [3.8, 4) is 0 Å². The number of nitrogens with zero attached hydrogens (tertiary/aromatic N) is 2. The molecule has 1 rings (SSSR count). The summed E-state index contributed by atoms with van der Waals surface area (Å²) in [6.45, 7) is 3.00. The van der Waals surface area contributed by atoms with Crippen LogP contribution >= 0.6 is 0 Å². The van der Waals surface area contributed by atoms with Gasteiger partial charge in [0.2, 0.25) is 0 Å². The third-order valence-corrected chi connectivity index (χ3v) is 2.88. The van der Waals surface area contributed by atoms with Crippen LogP contribution in [-0.4, -0.2) is 49.7 Å². The molecule has 0 aromatic rings. The Morgan fingerprint density at radius 2 is 2.20 bits per heavy atom. The van der Waals surface area contributed by atoms with Crippen LogP contribution in [0.15, 0.2) is 5.16 Å². The lowest BCUT2D eigenvalue weighted by atomic mass is 10.0. The fourth-order valence-corrected chi connectivity index (χ4v) is 1.67. The van der Waals surface area contributed by atoms with Gasteiger partial charge in [-0.15, -0.1) is 0 Å². The molecule has 0 aromatic carbocycles. The van der Waals surface area contributed by atoms with E-state index < -0.39 is 0 Å². The lowest BCUT2D eigenvalue weighted by Crippen LogP contribution is -2.32. The average Bonchev–Trinajstić information content (AvgIpc) is 2.93. The summed E-state index contributed by atoms with van der Waals surface area (Å²) in [6.07, 6.45) is 3.06. The molecular formula is C10H22N4O. The molecule has 88 valence electrons. The summed E-state index contributed by atoms with van der Waals surface area (Å²) in [4.78, 5) is 2.15. The number of likely N-dealkylation sites (N-methyl/N-ethyl adjacent to an activating group) is 1. The lowest BCUT2D eigenvalue weighted by molar-refractivity contribution is 0.313. The fraction of sp³-hybridized carbons (Fsp3) is 0.900. The number of oxime groups is 1. The van der Waals surface area contributed by atoms with E-state index in [-0.39, 0.29) is 5.41 Å². The first-order valence-electron chi connectivity index (χ1n) is 5.40. The highest BCUT2D eigenvalue weighted by atomic mass is 16.4. The van der Waals surface area contributed by atoms with Crippen LogP contribution in [0.4, 0.5) is 0 Å². The van der Waals surface area contributed by atoms with Gasteiger partial charge >= 0.3 is 0 Å². The molecule has 1 fully saturated rings. The molecule has 5 nitrogen and oxygen atoms in total. The predicted molar refractivity (Wildman–Crippen MR) is 61.1 cm³/mol. The van der Waals surface area contributed by atoms with E-state index in [1.165, 1.54) is 12.8 Å². The van der Waals surface area contributed by atoms with Gasteiger partial charge in [0, 0.05) is 26.1 Å². The first kappa shape index (κ1) is 12.3. The molecule has 0 amide bonds. The van der Waals surface area contributed by atoms with Crippen LogP contribution < -0.4 is 11.1 Å².